The Morgan fingerprint density at radius 2 is 1.24 bits per heavy atom. The molecule has 33 heavy (non-hydrogen) atoms. The van der Waals surface area contributed by atoms with Crippen molar-refractivity contribution in [2.45, 2.75) is 16.7 Å². The number of anilines is 2. The summed E-state index contributed by atoms with van der Waals surface area (Å²) in [6, 6.07) is 7.48. The number of benzene rings is 2. The number of carbonyl (C=O) groups is 1. The number of thiocarbonyl (C=S) groups is 1. The molecule has 10 nitrogen and oxygen atoms in total. The predicted molar refractivity (Wildman–Crippen MR) is 117 cm³/mol. The van der Waals surface area contributed by atoms with E-state index in [9.17, 15) is 30.7 Å². The fourth-order valence-electron chi connectivity index (χ4n) is 2.51. The monoisotopic (exact) mass is 529 g/mol. The van der Waals surface area contributed by atoms with Gasteiger partial charge in [0.1, 0.15) is 20.2 Å². The summed E-state index contributed by atoms with van der Waals surface area (Å²) in [7, 11) is -8.26. The molecule has 0 aromatic heterocycles. The van der Waals surface area contributed by atoms with Crippen LogP contribution in [-0.2, 0) is 25.0 Å². The molecule has 166 valence electrons. The van der Waals surface area contributed by atoms with Crippen molar-refractivity contribution < 1.29 is 89.9 Å². The van der Waals surface area contributed by atoms with Gasteiger partial charge in [0.2, 0.25) is 5.91 Å². The molecule has 0 spiro atoms. The maximum Gasteiger partial charge on any atom is 1.00 e. The fraction of sp³-hybridized carbons (Fsp3) is 0.111. The van der Waals surface area contributed by atoms with Gasteiger partial charge in [-0.05, 0) is 47.6 Å². The molecule has 3 N–H and O–H groups in total. The van der Waals surface area contributed by atoms with E-state index in [4.69, 9.17) is 12.2 Å². The van der Waals surface area contributed by atoms with Gasteiger partial charge in [-0.3, -0.25) is 4.79 Å². The maximum absolute atomic E-state index is 11.7. The molecule has 0 aliphatic heterocycles. The van der Waals surface area contributed by atoms with E-state index >= 15 is 0 Å². The van der Waals surface area contributed by atoms with Crippen LogP contribution in [0.3, 0.4) is 0 Å². The Labute approximate surface area is 241 Å². The van der Waals surface area contributed by atoms with Gasteiger partial charge >= 0.3 is 59.1 Å². The van der Waals surface area contributed by atoms with E-state index in [0.717, 1.165) is 12.1 Å². The van der Waals surface area contributed by atoms with Crippen molar-refractivity contribution in [3.8, 4) is 0 Å². The molecule has 0 atom stereocenters. The van der Waals surface area contributed by atoms with Crippen LogP contribution >= 0.6 is 12.2 Å². The number of hydrogen-bond donors (Lipinski definition) is 3. The van der Waals surface area contributed by atoms with Gasteiger partial charge < -0.3 is 25.1 Å². The van der Waals surface area contributed by atoms with E-state index in [1.165, 1.54) is 43.3 Å². The summed E-state index contributed by atoms with van der Waals surface area (Å²) in [5.41, 5.74) is 0.249. The number of hydrogen-bond acceptors (Lipinski definition) is 8. The average Bonchev–Trinajstić information content (AvgIpc) is 2.65. The van der Waals surface area contributed by atoms with Gasteiger partial charge in [0.25, 0.3) is 0 Å². The summed E-state index contributed by atoms with van der Waals surface area (Å²) in [6.07, 6.45) is 2.37. The molecule has 0 radical (unpaired) electrons. The molecule has 0 saturated heterocycles. The van der Waals surface area contributed by atoms with Crippen LogP contribution in [0.2, 0.25) is 0 Å². The van der Waals surface area contributed by atoms with Crippen molar-refractivity contribution in [1.82, 2.24) is 5.32 Å². The van der Waals surface area contributed by atoms with Gasteiger partial charge in [-0.2, -0.15) is 0 Å². The Morgan fingerprint density at radius 1 is 0.848 bits per heavy atom. The van der Waals surface area contributed by atoms with Gasteiger partial charge in [0, 0.05) is 25.3 Å². The normalized spacial score (nSPS) is 11.2. The van der Waals surface area contributed by atoms with Crippen molar-refractivity contribution >= 4 is 67.0 Å². The number of nitrogens with one attached hydrogen (secondary N) is 3. The zero-order valence-electron chi connectivity index (χ0n) is 18.2. The first-order valence-electron chi connectivity index (χ1n) is 8.45. The summed E-state index contributed by atoms with van der Waals surface area (Å²) >= 11 is 4.93. The topological polar surface area (TPSA) is 168 Å². The number of rotatable bonds is 6. The third kappa shape index (κ3) is 9.74. The van der Waals surface area contributed by atoms with Crippen molar-refractivity contribution in [3.05, 3.63) is 47.5 Å². The van der Waals surface area contributed by atoms with E-state index in [-0.39, 0.29) is 86.7 Å². The van der Waals surface area contributed by atoms with E-state index in [0.29, 0.717) is 0 Å². The average molecular weight is 530 g/mol. The van der Waals surface area contributed by atoms with E-state index in [2.05, 4.69) is 16.0 Å². The fourth-order valence-corrected chi connectivity index (χ4v) is 4.02. The van der Waals surface area contributed by atoms with Gasteiger partial charge in [-0.15, -0.1) is 0 Å². The Balaban J connectivity index is 0.00000512. The third-order valence-electron chi connectivity index (χ3n) is 3.81. The van der Waals surface area contributed by atoms with Gasteiger partial charge in [-0.1, -0.05) is 24.3 Å². The molecule has 0 fully saturated rings. The minimum Gasteiger partial charge on any atom is -0.744 e. The molecule has 0 heterocycles. The Hall–Kier alpha value is -0.840. The molecule has 0 saturated carbocycles. The van der Waals surface area contributed by atoms with Crippen LogP contribution in [0.25, 0.3) is 12.2 Å². The SMILES string of the molecule is CNC(=S)Nc1ccc(/C=C/c2ccc(NC(C)=O)cc2S(=O)(=O)[O-])c(S(=O)(=O)[O-])c1.[Na+].[Na+]. The first-order valence-corrected chi connectivity index (χ1v) is 11.7. The molecular weight excluding hydrogens is 512 g/mol. The van der Waals surface area contributed by atoms with E-state index in [1.54, 1.807) is 7.05 Å². The van der Waals surface area contributed by atoms with E-state index in [1.807, 2.05) is 0 Å². The standard InChI is InChI=1S/C18H19N3O7S3.2Na/c1-11(22)20-14-7-5-12(16(9-14)30(23,24)25)3-4-13-6-8-15(21-18(29)19-2)10-17(13)31(26,27)28;;/h3-10H,1-2H3,(H,20,22)(H2,19,21,29)(H,23,24,25)(H,26,27,28);;/q;2*+1/p-2/b4-3+;;. The first-order chi connectivity index (χ1) is 14.3. The molecule has 2 rings (SSSR count). The third-order valence-corrected chi connectivity index (χ3v) is 5.90. The second-order valence-corrected chi connectivity index (χ2v) is 9.24. The minimum absolute atomic E-state index is 0. The molecule has 0 unspecified atom stereocenters. The van der Waals surface area contributed by atoms with Crippen LogP contribution in [0.1, 0.15) is 18.1 Å². The van der Waals surface area contributed by atoms with Crippen LogP contribution in [0.4, 0.5) is 11.4 Å². The van der Waals surface area contributed by atoms with Gasteiger partial charge in [0.05, 0.1) is 9.79 Å². The van der Waals surface area contributed by atoms with Gasteiger partial charge in [-0.25, -0.2) is 16.8 Å². The van der Waals surface area contributed by atoms with Crippen LogP contribution in [0.15, 0.2) is 46.2 Å². The first kappa shape index (κ1) is 32.2. The molecule has 0 bridgehead atoms. The maximum atomic E-state index is 11.7. The van der Waals surface area contributed by atoms with E-state index < -0.39 is 35.9 Å². The summed E-state index contributed by atoms with van der Waals surface area (Å²) in [5.74, 6) is -0.464. The zero-order valence-corrected chi connectivity index (χ0v) is 24.7. The van der Waals surface area contributed by atoms with Crippen molar-refractivity contribution in [3.63, 3.8) is 0 Å². The molecular formula is C18H17N3Na2O7S3. The van der Waals surface area contributed by atoms with Crippen LogP contribution < -0.4 is 75.1 Å². The number of amides is 1. The summed E-state index contributed by atoms with van der Waals surface area (Å²) in [4.78, 5) is 9.96. The molecule has 2 aromatic rings. The smallest absolute Gasteiger partial charge is 0.744 e. The second kappa shape index (κ2) is 13.3. The Kier molecular flexibility index (Phi) is 13.0. The van der Waals surface area contributed by atoms with Crippen molar-refractivity contribution in [1.29, 1.82) is 0 Å². The second-order valence-electron chi connectivity index (χ2n) is 6.13. The minimum atomic E-state index is -4.92. The predicted octanol–water partition coefficient (Wildman–Crippen LogP) is -4.45. The molecule has 0 aliphatic rings. The van der Waals surface area contributed by atoms with Crippen LogP contribution in [0.5, 0.6) is 0 Å². The quantitative estimate of drug-likeness (QED) is 0.144. The van der Waals surface area contributed by atoms with Crippen LogP contribution in [-0.4, -0.2) is 44.0 Å². The Morgan fingerprint density at radius 3 is 1.58 bits per heavy atom. The molecule has 1 amide bonds. The van der Waals surface area contributed by atoms with Crippen molar-refractivity contribution in [2.24, 2.45) is 0 Å². The molecule has 15 heteroatoms. The molecule has 2 aromatic carbocycles. The largest absolute Gasteiger partial charge is 1.00 e. The number of carbonyl (C=O) groups excluding carboxylic acids is 1. The van der Waals surface area contributed by atoms with Crippen LogP contribution in [0, 0.1) is 0 Å². The summed E-state index contributed by atoms with van der Waals surface area (Å²) < 4.78 is 70.0. The summed E-state index contributed by atoms with van der Waals surface area (Å²) in [5, 5.41) is 7.89. The summed E-state index contributed by atoms with van der Waals surface area (Å²) in [6.45, 7) is 1.21. The van der Waals surface area contributed by atoms with Crippen molar-refractivity contribution in [2.75, 3.05) is 17.7 Å². The molecule has 0 aliphatic carbocycles. The van der Waals surface area contributed by atoms with Gasteiger partial charge in [0.15, 0.2) is 5.11 Å². The Bertz CT molecular complexity index is 1280. The zero-order chi connectivity index (χ0) is 23.4.